The molecule has 0 radical (unpaired) electrons. The minimum absolute atomic E-state index is 0.0454. The third-order valence-corrected chi connectivity index (χ3v) is 6.45. The Bertz CT molecular complexity index is 841. The van der Waals surface area contributed by atoms with Crippen LogP contribution < -0.4 is 4.90 Å². The van der Waals surface area contributed by atoms with Gasteiger partial charge in [-0.15, -0.1) is 11.3 Å². The number of halogens is 1. The number of amides is 1. The van der Waals surface area contributed by atoms with E-state index < -0.39 is 0 Å². The normalized spacial score (nSPS) is 16.4. The molecule has 0 bridgehead atoms. The van der Waals surface area contributed by atoms with Crippen molar-refractivity contribution in [2.75, 3.05) is 4.90 Å². The molecule has 124 valence electrons. The van der Waals surface area contributed by atoms with E-state index in [1.807, 2.05) is 18.2 Å². The molecule has 0 unspecified atom stereocenters. The molecular formula is C18H16BrNO3S. The van der Waals surface area contributed by atoms with E-state index in [1.165, 1.54) is 24.6 Å². The second-order valence-electron chi connectivity index (χ2n) is 6.19. The first-order valence-electron chi connectivity index (χ1n) is 7.90. The predicted octanol–water partition coefficient (Wildman–Crippen LogP) is 4.61. The number of esters is 1. The summed E-state index contributed by atoms with van der Waals surface area (Å²) in [5.41, 5.74) is 2.73. The zero-order chi connectivity index (χ0) is 16.8. The smallest absolute Gasteiger partial charge is 0.302 e. The van der Waals surface area contributed by atoms with Gasteiger partial charge in [0, 0.05) is 21.8 Å². The zero-order valence-electron chi connectivity index (χ0n) is 13.2. The Morgan fingerprint density at radius 1 is 1.42 bits per heavy atom. The molecular weight excluding hydrogens is 390 g/mol. The molecule has 1 aromatic heterocycles. The number of carbonyl (C=O) groups is 2. The van der Waals surface area contributed by atoms with Crippen LogP contribution in [-0.2, 0) is 22.7 Å². The van der Waals surface area contributed by atoms with Crippen LogP contribution in [-0.4, -0.2) is 11.9 Å². The lowest BCUT2D eigenvalue weighted by Gasteiger charge is -2.21. The molecule has 4 rings (SSSR count). The monoisotopic (exact) mass is 405 g/mol. The number of fused-ring (bicyclic) bond motifs is 1. The van der Waals surface area contributed by atoms with E-state index in [-0.39, 0.29) is 18.5 Å². The number of hydrogen-bond acceptors (Lipinski definition) is 4. The van der Waals surface area contributed by atoms with Gasteiger partial charge < -0.3 is 9.64 Å². The minimum atomic E-state index is -0.336. The van der Waals surface area contributed by atoms with E-state index in [1.54, 1.807) is 16.2 Å². The highest BCUT2D eigenvalue weighted by atomic mass is 79.9. The number of hydrogen-bond donors (Lipinski definition) is 0. The van der Waals surface area contributed by atoms with Crippen LogP contribution in [0.25, 0.3) is 0 Å². The van der Waals surface area contributed by atoms with Crippen molar-refractivity contribution in [3.63, 3.8) is 0 Å². The average Bonchev–Trinajstić information content (AvgIpc) is 3.23. The van der Waals surface area contributed by atoms with Crippen LogP contribution in [0.1, 0.15) is 51.4 Å². The number of nitrogens with zero attached hydrogens (tertiary/aromatic N) is 1. The highest BCUT2D eigenvalue weighted by molar-refractivity contribution is 9.10. The van der Waals surface area contributed by atoms with Gasteiger partial charge in [-0.3, -0.25) is 9.59 Å². The number of thiophene rings is 1. The predicted molar refractivity (Wildman–Crippen MR) is 96.4 cm³/mol. The Hall–Kier alpha value is -1.66. The number of anilines is 1. The molecule has 2 heterocycles. The molecule has 1 aromatic carbocycles. The lowest BCUT2D eigenvalue weighted by atomic mass is 10.1. The quantitative estimate of drug-likeness (QED) is 0.697. The highest BCUT2D eigenvalue weighted by Gasteiger charge is 2.35. The van der Waals surface area contributed by atoms with Crippen molar-refractivity contribution in [3.8, 4) is 0 Å². The molecule has 24 heavy (non-hydrogen) atoms. The summed E-state index contributed by atoms with van der Waals surface area (Å²) in [6.07, 6.45) is 2.49. The SMILES string of the molecule is CC(=O)OCc1c(Br)cccc1N1Cc2cc(C3CC3)sc2C1=O. The molecule has 1 aliphatic heterocycles. The van der Waals surface area contributed by atoms with Crippen LogP contribution in [0.15, 0.2) is 28.7 Å². The topological polar surface area (TPSA) is 46.6 Å². The molecule has 0 N–H and O–H groups in total. The molecule has 0 spiro atoms. The molecule has 2 aliphatic rings. The second kappa shape index (κ2) is 6.01. The fourth-order valence-electron chi connectivity index (χ4n) is 2.99. The van der Waals surface area contributed by atoms with Crippen molar-refractivity contribution >= 4 is 44.8 Å². The molecule has 1 fully saturated rings. The maximum Gasteiger partial charge on any atom is 0.302 e. The number of carbonyl (C=O) groups excluding carboxylic acids is 2. The van der Waals surface area contributed by atoms with E-state index in [2.05, 4.69) is 22.0 Å². The van der Waals surface area contributed by atoms with Crippen LogP contribution in [0.2, 0.25) is 0 Å². The summed E-state index contributed by atoms with van der Waals surface area (Å²) in [5, 5.41) is 0. The zero-order valence-corrected chi connectivity index (χ0v) is 15.6. The molecule has 0 saturated heterocycles. The van der Waals surface area contributed by atoms with Crippen molar-refractivity contribution < 1.29 is 14.3 Å². The number of benzene rings is 1. The summed E-state index contributed by atoms with van der Waals surface area (Å²) >= 11 is 5.14. The maximum atomic E-state index is 12.9. The van der Waals surface area contributed by atoms with Crippen LogP contribution >= 0.6 is 27.3 Å². The summed E-state index contributed by atoms with van der Waals surface area (Å²) in [6.45, 7) is 2.12. The summed E-state index contributed by atoms with van der Waals surface area (Å²) in [5.74, 6) is 0.383. The van der Waals surface area contributed by atoms with Crippen molar-refractivity contribution in [2.45, 2.75) is 38.8 Å². The van der Waals surface area contributed by atoms with Crippen molar-refractivity contribution in [1.82, 2.24) is 0 Å². The van der Waals surface area contributed by atoms with Gasteiger partial charge in [0.15, 0.2) is 0 Å². The van der Waals surface area contributed by atoms with E-state index in [9.17, 15) is 9.59 Å². The minimum Gasteiger partial charge on any atom is -0.461 e. The van der Waals surface area contributed by atoms with Crippen LogP contribution in [0.3, 0.4) is 0 Å². The fourth-order valence-corrected chi connectivity index (χ4v) is 4.76. The lowest BCUT2D eigenvalue weighted by Crippen LogP contribution is -2.24. The van der Waals surface area contributed by atoms with E-state index in [0.29, 0.717) is 12.5 Å². The number of rotatable bonds is 4. The van der Waals surface area contributed by atoms with Crippen molar-refractivity contribution in [1.29, 1.82) is 0 Å². The van der Waals surface area contributed by atoms with Gasteiger partial charge in [0.1, 0.15) is 6.61 Å². The highest BCUT2D eigenvalue weighted by Crippen LogP contribution is 2.46. The van der Waals surface area contributed by atoms with Gasteiger partial charge in [0.05, 0.1) is 17.1 Å². The maximum absolute atomic E-state index is 12.9. The van der Waals surface area contributed by atoms with Crippen LogP contribution in [0.5, 0.6) is 0 Å². The molecule has 1 aliphatic carbocycles. The van der Waals surface area contributed by atoms with Gasteiger partial charge in [-0.1, -0.05) is 22.0 Å². The van der Waals surface area contributed by atoms with Gasteiger partial charge in [-0.25, -0.2) is 0 Å². The van der Waals surface area contributed by atoms with Gasteiger partial charge in [0.25, 0.3) is 5.91 Å². The Balaban J connectivity index is 1.64. The van der Waals surface area contributed by atoms with Gasteiger partial charge in [-0.05, 0) is 42.5 Å². The lowest BCUT2D eigenvalue weighted by molar-refractivity contribution is -0.142. The Kier molecular flexibility index (Phi) is 3.96. The molecule has 6 heteroatoms. The molecule has 4 nitrogen and oxygen atoms in total. The third-order valence-electron chi connectivity index (χ3n) is 4.38. The second-order valence-corrected chi connectivity index (χ2v) is 8.12. The third kappa shape index (κ3) is 2.78. The van der Waals surface area contributed by atoms with Gasteiger partial charge in [-0.2, -0.15) is 0 Å². The fraction of sp³-hybridized carbons (Fsp3) is 0.333. The van der Waals surface area contributed by atoms with Crippen molar-refractivity contribution in [3.05, 3.63) is 49.6 Å². The summed E-state index contributed by atoms with van der Waals surface area (Å²) in [4.78, 5) is 28.0. The first-order valence-corrected chi connectivity index (χ1v) is 9.50. The van der Waals surface area contributed by atoms with E-state index in [0.717, 1.165) is 26.2 Å². The first kappa shape index (κ1) is 15.8. The molecule has 0 atom stereocenters. The molecule has 1 saturated carbocycles. The molecule has 2 aromatic rings. The van der Waals surface area contributed by atoms with Crippen LogP contribution in [0.4, 0.5) is 5.69 Å². The van der Waals surface area contributed by atoms with Gasteiger partial charge in [0.2, 0.25) is 0 Å². The largest absolute Gasteiger partial charge is 0.461 e. The van der Waals surface area contributed by atoms with Crippen molar-refractivity contribution in [2.24, 2.45) is 0 Å². The van der Waals surface area contributed by atoms with Gasteiger partial charge >= 0.3 is 5.97 Å². The standard InChI is InChI=1S/C18H16BrNO3S/c1-10(21)23-9-13-14(19)3-2-4-15(13)20-8-12-7-16(11-5-6-11)24-17(12)18(20)22/h2-4,7,11H,5-6,8-9H2,1H3. The van der Waals surface area contributed by atoms with E-state index >= 15 is 0 Å². The Morgan fingerprint density at radius 3 is 2.88 bits per heavy atom. The summed E-state index contributed by atoms with van der Waals surface area (Å²) < 4.78 is 5.99. The van der Waals surface area contributed by atoms with Crippen LogP contribution in [0, 0.1) is 0 Å². The molecule has 1 amide bonds. The Labute approximate surface area is 152 Å². The van der Waals surface area contributed by atoms with E-state index in [4.69, 9.17) is 4.74 Å². The number of ether oxygens (including phenoxy) is 1. The summed E-state index contributed by atoms with van der Waals surface area (Å²) in [6, 6.07) is 7.88. The first-order chi connectivity index (χ1) is 11.5. The Morgan fingerprint density at radius 2 is 2.21 bits per heavy atom. The average molecular weight is 406 g/mol. The summed E-state index contributed by atoms with van der Waals surface area (Å²) in [7, 11) is 0.